The molecule has 0 amide bonds. The number of piperidine rings is 1. The Labute approximate surface area is 138 Å². The predicted octanol–water partition coefficient (Wildman–Crippen LogP) is 1.72. The maximum Gasteiger partial charge on any atom is 0.180 e. The Morgan fingerprint density at radius 1 is 1.18 bits per heavy atom. The van der Waals surface area contributed by atoms with Crippen molar-refractivity contribution in [1.29, 1.82) is 0 Å². The van der Waals surface area contributed by atoms with Crippen molar-refractivity contribution in [3.63, 3.8) is 0 Å². The molecule has 0 atom stereocenters. The number of anilines is 1. The molecule has 2 N–H and O–H groups in total. The van der Waals surface area contributed by atoms with Gasteiger partial charge in [-0.05, 0) is 39.8 Å². The smallest absolute Gasteiger partial charge is 0.180 e. The van der Waals surface area contributed by atoms with Gasteiger partial charge in [-0.3, -0.25) is 9.80 Å². The van der Waals surface area contributed by atoms with E-state index in [0.29, 0.717) is 11.2 Å². The second-order valence-electron chi connectivity index (χ2n) is 6.84. The number of rotatable bonds is 4. The Morgan fingerprint density at radius 2 is 1.86 bits per heavy atom. The van der Waals surface area contributed by atoms with Gasteiger partial charge < -0.3 is 10.6 Å². The minimum atomic E-state index is 0.686. The largest absolute Gasteiger partial charge is 0.375 e. The van der Waals surface area contributed by atoms with Gasteiger partial charge in [0, 0.05) is 55.9 Å². The van der Waals surface area contributed by atoms with Crippen molar-refractivity contribution in [3.8, 4) is 0 Å². The molecular formula is C16H29N5S. The summed E-state index contributed by atoms with van der Waals surface area (Å²) in [5.41, 5.74) is 5.71. The first kappa shape index (κ1) is 16.2. The summed E-state index contributed by atoms with van der Waals surface area (Å²) in [6.45, 7) is 12.9. The lowest BCUT2D eigenvalue weighted by atomic mass is 10.0. The van der Waals surface area contributed by atoms with Gasteiger partial charge in [0.15, 0.2) is 5.13 Å². The number of piperazine rings is 1. The molecular weight excluding hydrogens is 294 g/mol. The van der Waals surface area contributed by atoms with Gasteiger partial charge in [-0.1, -0.05) is 0 Å². The molecule has 3 rings (SSSR count). The molecule has 2 saturated heterocycles. The van der Waals surface area contributed by atoms with Crippen LogP contribution < -0.4 is 5.73 Å². The SMILES string of the molecule is CC(C)N1CCC(N2CCN(Cc3cnc(N)s3)CC2)CC1. The summed E-state index contributed by atoms with van der Waals surface area (Å²) in [5, 5.41) is 0.686. The Kier molecular flexibility index (Phi) is 5.33. The van der Waals surface area contributed by atoms with Gasteiger partial charge >= 0.3 is 0 Å². The van der Waals surface area contributed by atoms with Crippen molar-refractivity contribution < 1.29 is 0 Å². The van der Waals surface area contributed by atoms with Crippen LogP contribution in [0.3, 0.4) is 0 Å². The first-order valence-electron chi connectivity index (χ1n) is 8.52. The molecule has 5 nitrogen and oxygen atoms in total. The first-order valence-corrected chi connectivity index (χ1v) is 9.34. The van der Waals surface area contributed by atoms with Crippen LogP contribution in [-0.4, -0.2) is 71.0 Å². The number of hydrogen-bond acceptors (Lipinski definition) is 6. The molecule has 2 aliphatic heterocycles. The second-order valence-corrected chi connectivity index (χ2v) is 7.98. The van der Waals surface area contributed by atoms with E-state index in [1.807, 2.05) is 6.20 Å². The molecule has 1 aromatic rings. The summed E-state index contributed by atoms with van der Waals surface area (Å²) < 4.78 is 0. The summed E-state index contributed by atoms with van der Waals surface area (Å²) in [7, 11) is 0. The monoisotopic (exact) mass is 323 g/mol. The van der Waals surface area contributed by atoms with E-state index < -0.39 is 0 Å². The van der Waals surface area contributed by atoms with Crippen LogP contribution in [0.4, 0.5) is 5.13 Å². The normalized spacial score (nSPS) is 23.4. The maximum absolute atomic E-state index is 5.71. The highest BCUT2D eigenvalue weighted by molar-refractivity contribution is 7.15. The zero-order valence-corrected chi connectivity index (χ0v) is 14.7. The molecule has 0 aliphatic carbocycles. The zero-order chi connectivity index (χ0) is 15.5. The van der Waals surface area contributed by atoms with Gasteiger partial charge in [-0.15, -0.1) is 11.3 Å². The van der Waals surface area contributed by atoms with Crippen LogP contribution in [0.2, 0.25) is 0 Å². The first-order chi connectivity index (χ1) is 10.6. The third kappa shape index (κ3) is 3.98. The lowest BCUT2D eigenvalue weighted by molar-refractivity contribution is 0.0499. The molecule has 2 aliphatic rings. The van der Waals surface area contributed by atoms with Gasteiger partial charge in [0.2, 0.25) is 0 Å². The van der Waals surface area contributed by atoms with Crippen molar-refractivity contribution in [1.82, 2.24) is 19.7 Å². The standard InChI is InChI=1S/C16H29N5S/c1-13(2)20-5-3-14(4-6-20)21-9-7-19(8-10-21)12-15-11-18-16(17)22-15/h11,13-14H,3-10,12H2,1-2H3,(H2,17,18). The highest BCUT2D eigenvalue weighted by Gasteiger charge is 2.28. The van der Waals surface area contributed by atoms with E-state index in [1.165, 1.54) is 57.0 Å². The van der Waals surface area contributed by atoms with Crippen molar-refractivity contribution >= 4 is 16.5 Å². The van der Waals surface area contributed by atoms with Gasteiger partial charge in [-0.25, -0.2) is 4.98 Å². The molecule has 6 heteroatoms. The lowest BCUT2D eigenvalue weighted by Gasteiger charge is -2.43. The highest BCUT2D eigenvalue weighted by atomic mass is 32.1. The Morgan fingerprint density at radius 3 is 2.41 bits per heavy atom. The van der Waals surface area contributed by atoms with Gasteiger partial charge in [0.05, 0.1) is 0 Å². The van der Waals surface area contributed by atoms with E-state index in [4.69, 9.17) is 5.73 Å². The number of nitrogens with zero attached hydrogens (tertiary/aromatic N) is 4. The molecule has 0 radical (unpaired) electrons. The number of hydrogen-bond donors (Lipinski definition) is 1. The minimum Gasteiger partial charge on any atom is -0.375 e. The molecule has 0 spiro atoms. The fourth-order valence-electron chi connectivity index (χ4n) is 3.67. The molecule has 1 aromatic heterocycles. The molecule has 0 bridgehead atoms. The quantitative estimate of drug-likeness (QED) is 0.914. The lowest BCUT2D eigenvalue weighted by Crippen LogP contribution is -2.53. The van der Waals surface area contributed by atoms with E-state index >= 15 is 0 Å². The van der Waals surface area contributed by atoms with Gasteiger partial charge in [-0.2, -0.15) is 0 Å². The van der Waals surface area contributed by atoms with Crippen LogP contribution in [0.1, 0.15) is 31.6 Å². The molecule has 3 heterocycles. The van der Waals surface area contributed by atoms with E-state index in [9.17, 15) is 0 Å². The average molecular weight is 324 g/mol. The fraction of sp³-hybridized carbons (Fsp3) is 0.812. The van der Waals surface area contributed by atoms with Crippen LogP contribution in [0, 0.1) is 0 Å². The zero-order valence-electron chi connectivity index (χ0n) is 13.9. The van der Waals surface area contributed by atoms with E-state index in [2.05, 4.69) is 33.5 Å². The van der Waals surface area contributed by atoms with Crippen molar-refractivity contribution in [3.05, 3.63) is 11.1 Å². The summed E-state index contributed by atoms with van der Waals surface area (Å²) >= 11 is 1.62. The third-order valence-corrected chi connectivity index (χ3v) is 5.91. The third-order valence-electron chi connectivity index (χ3n) is 5.10. The molecule has 22 heavy (non-hydrogen) atoms. The second kappa shape index (κ2) is 7.25. The molecule has 2 fully saturated rings. The number of nitrogen functional groups attached to an aromatic ring is 1. The van der Waals surface area contributed by atoms with Crippen LogP contribution in [0.5, 0.6) is 0 Å². The molecule has 124 valence electrons. The maximum atomic E-state index is 5.71. The average Bonchev–Trinajstić information content (AvgIpc) is 2.93. The van der Waals surface area contributed by atoms with Crippen molar-refractivity contribution in [2.45, 2.75) is 45.3 Å². The molecule has 0 saturated carbocycles. The number of nitrogens with two attached hydrogens (primary N) is 1. The van der Waals surface area contributed by atoms with Crippen LogP contribution in [0.25, 0.3) is 0 Å². The number of likely N-dealkylation sites (tertiary alicyclic amines) is 1. The fourth-order valence-corrected chi connectivity index (χ4v) is 4.40. The van der Waals surface area contributed by atoms with E-state index in [1.54, 1.807) is 11.3 Å². The van der Waals surface area contributed by atoms with Crippen molar-refractivity contribution in [2.24, 2.45) is 0 Å². The number of thiazole rings is 1. The Balaban J connectivity index is 1.42. The summed E-state index contributed by atoms with van der Waals surface area (Å²) in [6, 6.07) is 1.50. The van der Waals surface area contributed by atoms with Crippen LogP contribution in [-0.2, 0) is 6.54 Å². The summed E-state index contributed by atoms with van der Waals surface area (Å²) in [4.78, 5) is 13.3. The predicted molar refractivity (Wildman–Crippen MR) is 93.1 cm³/mol. The van der Waals surface area contributed by atoms with E-state index in [-0.39, 0.29) is 0 Å². The van der Waals surface area contributed by atoms with Crippen LogP contribution in [0.15, 0.2) is 6.20 Å². The summed E-state index contributed by atoms with van der Waals surface area (Å²) in [6.07, 6.45) is 4.60. The topological polar surface area (TPSA) is 48.6 Å². The van der Waals surface area contributed by atoms with Crippen molar-refractivity contribution in [2.75, 3.05) is 45.0 Å². The Hall–Kier alpha value is -0.690. The number of aromatic nitrogens is 1. The Bertz CT molecular complexity index is 459. The van der Waals surface area contributed by atoms with E-state index in [0.717, 1.165) is 12.6 Å². The highest BCUT2D eigenvalue weighted by Crippen LogP contribution is 2.21. The molecule has 0 unspecified atom stereocenters. The molecule has 0 aromatic carbocycles. The van der Waals surface area contributed by atoms with Crippen LogP contribution >= 0.6 is 11.3 Å². The van der Waals surface area contributed by atoms with Gasteiger partial charge in [0.1, 0.15) is 0 Å². The minimum absolute atomic E-state index is 0.686. The van der Waals surface area contributed by atoms with Gasteiger partial charge in [0.25, 0.3) is 0 Å². The summed E-state index contributed by atoms with van der Waals surface area (Å²) in [5.74, 6) is 0.